The zero-order valence-corrected chi connectivity index (χ0v) is 10.4. The molecule has 1 heterocycles. The maximum Gasteiger partial charge on any atom is 0.0237 e. The van der Waals surface area contributed by atoms with E-state index in [9.17, 15) is 0 Å². The highest BCUT2D eigenvalue weighted by Crippen LogP contribution is 2.38. The Morgan fingerprint density at radius 2 is 2.27 bits per heavy atom. The van der Waals surface area contributed by atoms with Gasteiger partial charge in [0.15, 0.2) is 0 Å². The average Bonchev–Trinajstić information content (AvgIpc) is 2.79. The van der Waals surface area contributed by atoms with E-state index < -0.39 is 0 Å². The van der Waals surface area contributed by atoms with Crippen LogP contribution in [0.4, 0.5) is 0 Å². The van der Waals surface area contributed by atoms with Gasteiger partial charge in [0.2, 0.25) is 0 Å². The minimum atomic E-state index is 0.883. The lowest BCUT2D eigenvalue weighted by atomic mass is 10.1. The minimum absolute atomic E-state index is 0.883. The summed E-state index contributed by atoms with van der Waals surface area (Å²) in [6, 6.07) is 9.59. The Morgan fingerprint density at radius 1 is 1.33 bits per heavy atom. The molecule has 0 spiro atoms. The van der Waals surface area contributed by atoms with Gasteiger partial charge in [-0.1, -0.05) is 28.1 Å². The number of fused-ring (bicyclic) bond motifs is 2. The van der Waals surface area contributed by atoms with E-state index in [1.807, 2.05) is 0 Å². The summed E-state index contributed by atoms with van der Waals surface area (Å²) in [6.07, 6.45) is 4.35. The molecular weight excluding hydrogens is 250 g/mol. The fraction of sp³-hybridized carbons (Fsp3) is 0.538. The third-order valence-corrected chi connectivity index (χ3v) is 4.29. The molecule has 1 aromatic carbocycles. The summed E-state index contributed by atoms with van der Waals surface area (Å²) in [5.74, 6) is 1.00. The molecule has 0 radical (unpaired) electrons. The number of rotatable bonds is 2. The molecule has 80 valence electrons. The maximum atomic E-state index is 3.53. The largest absolute Gasteiger partial charge is 0.296 e. The third kappa shape index (κ3) is 1.98. The molecular formula is C13H16BrN. The van der Waals surface area contributed by atoms with Gasteiger partial charge in [0.05, 0.1) is 0 Å². The van der Waals surface area contributed by atoms with Gasteiger partial charge < -0.3 is 0 Å². The van der Waals surface area contributed by atoms with Crippen molar-refractivity contribution < 1.29 is 0 Å². The number of benzene rings is 1. The molecule has 0 N–H and O–H groups in total. The van der Waals surface area contributed by atoms with Crippen LogP contribution in [-0.4, -0.2) is 17.5 Å². The van der Waals surface area contributed by atoms with Gasteiger partial charge in [0, 0.05) is 23.6 Å². The number of hydrogen-bond acceptors (Lipinski definition) is 1. The van der Waals surface area contributed by atoms with E-state index in [1.165, 1.54) is 35.8 Å². The second-order valence-corrected chi connectivity index (χ2v) is 5.81. The van der Waals surface area contributed by atoms with Crippen molar-refractivity contribution in [3.05, 3.63) is 34.3 Å². The molecule has 15 heavy (non-hydrogen) atoms. The topological polar surface area (TPSA) is 3.24 Å². The van der Waals surface area contributed by atoms with E-state index in [4.69, 9.17) is 0 Å². The Morgan fingerprint density at radius 3 is 2.93 bits per heavy atom. The van der Waals surface area contributed by atoms with Gasteiger partial charge in [-0.15, -0.1) is 0 Å². The number of piperidine rings is 1. The minimum Gasteiger partial charge on any atom is -0.296 e. The standard InChI is InChI=1S/C13H16BrN/c14-12-3-1-2-10(6-12)8-15-9-11-4-5-13(15)7-11/h1-3,6,11,13H,4-5,7-9H2. The third-order valence-electron chi connectivity index (χ3n) is 3.80. The molecule has 1 saturated carbocycles. The van der Waals surface area contributed by atoms with Crippen molar-refractivity contribution in [3.8, 4) is 0 Å². The van der Waals surface area contributed by atoms with Crippen LogP contribution in [0.1, 0.15) is 24.8 Å². The van der Waals surface area contributed by atoms with Crippen molar-refractivity contribution in [1.29, 1.82) is 0 Å². The van der Waals surface area contributed by atoms with Crippen LogP contribution in [0.5, 0.6) is 0 Å². The first-order chi connectivity index (χ1) is 7.31. The summed E-state index contributed by atoms with van der Waals surface area (Å²) >= 11 is 3.53. The van der Waals surface area contributed by atoms with Crippen LogP contribution in [0.25, 0.3) is 0 Å². The Hall–Kier alpha value is -0.340. The molecule has 1 aromatic rings. The summed E-state index contributed by atoms with van der Waals surface area (Å²) < 4.78 is 1.20. The predicted molar refractivity (Wildman–Crippen MR) is 65.7 cm³/mol. The summed E-state index contributed by atoms with van der Waals surface area (Å²) in [4.78, 5) is 2.66. The smallest absolute Gasteiger partial charge is 0.0237 e. The van der Waals surface area contributed by atoms with Crippen molar-refractivity contribution in [2.75, 3.05) is 6.54 Å². The normalized spacial score (nSPS) is 29.9. The van der Waals surface area contributed by atoms with Crippen LogP contribution >= 0.6 is 15.9 Å². The van der Waals surface area contributed by atoms with Gasteiger partial charge in [-0.2, -0.15) is 0 Å². The van der Waals surface area contributed by atoms with Crippen LogP contribution in [-0.2, 0) is 6.54 Å². The highest BCUT2D eigenvalue weighted by Gasteiger charge is 2.37. The second-order valence-electron chi connectivity index (χ2n) is 4.89. The molecule has 2 bridgehead atoms. The molecule has 1 aliphatic heterocycles. The van der Waals surface area contributed by atoms with Crippen molar-refractivity contribution in [2.45, 2.75) is 31.8 Å². The van der Waals surface area contributed by atoms with E-state index in [0.717, 1.165) is 18.5 Å². The molecule has 1 aliphatic carbocycles. The molecule has 1 saturated heterocycles. The molecule has 0 aromatic heterocycles. The lowest BCUT2D eigenvalue weighted by molar-refractivity contribution is 0.205. The maximum absolute atomic E-state index is 3.53. The van der Waals surface area contributed by atoms with Gasteiger partial charge >= 0.3 is 0 Å². The highest BCUT2D eigenvalue weighted by atomic mass is 79.9. The SMILES string of the molecule is Brc1cccc(CN2CC3CCC2C3)c1. The molecule has 3 rings (SSSR count). The molecule has 2 unspecified atom stereocenters. The number of likely N-dealkylation sites (tertiary alicyclic amines) is 1. The first-order valence-electron chi connectivity index (χ1n) is 5.80. The van der Waals surface area contributed by atoms with Crippen LogP contribution in [0.15, 0.2) is 28.7 Å². The van der Waals surface area contributed by atoms with Crippen molar-refractivity contribution in [3.63, 3.8) is 0 Å². The summed E-state index contributed by atoms with van der Waals surface area (Å²) in [5.41, 5.74) is 1.44. The zero-order valence-electron chi connectivity index (χ0n) is 8.82. The monoisotopic (exact) mass is 265 g/mol. The number of halogens is 1. The number of nitrogens with zero attached hydrogens (tertiary/aromatic N) is 1. The van der Waals surface area contributed by atoms with E-state index in [1.54, 1.807) is 0 Å². The van der Waals surface area contributed by atoms with Gasteiger partial charge in [-0.05, 0) is 42.9 Å². The highest BCUT2D eigenvalue weighted by molar-refractivity contribution is 9.10. The van der Waals surface area contributed by atoms with Gasteiger partial charge in [0.25, 0.3) is 0 Å². The Labute approximate surface area is 99.6 Å². The van der Waals surface area contributed by atoms with Gasteiger partial charge in [-0.3, -0.25) is 4.90 Å². The van der Waals surface area contributed by atoms with Crippen LogP contribution in [0, 0.1) is 5.92 Å². The van der Waals surface area contributed by atoms with Crippen LogP contribution < -0.4 is 0 Å². The number of hydrogen-bond donors (Lipinski definition) is 0. The van der Waals surface area contributed by atoms with Crippen LogP contribution in [0.3, 0.4) is 0 Å². The fourth-order valence-electron chi connectivity index (χ4n) is 3.09. The van der Waals surface area contributed by atoms with E-state index in [-0.39, 0.29) is 0 Å². The van der Waals surface area contributed by atoms with Gasteiger partial charge in [0.1, 0.15) is 0 Å². The molecule has 2 atom stereocenters. The zero-order chi connectivity index (χ0) is 10.3. The summed E-state index contributed by atoms with van der Waals surface area (Å²) in [5, 5.41) is 0. The van der Waals surface area contributed by atoms with Crippen molar-refractivity contribution >= 4 is 15.9 Å². The van der Waals surface area contributed by atoms with E-state index in [0.29, 0.717) is 0 Å². The van der Waals surface area contributed by atoms with Crippen molar-refractivity contribution in [1.82, 2.24) is 4.90 Å². The summed E-state index contributed by atoms with van der Waals surface area (Å²) in [7, 11) is 0. The lowest BCUT2D eigenvalue weighted by Crippen LogP contribution is -2.31. The van der Waals surface area contributed by atoms with Crippen molar-refractivity contribution in [2.24, 2.45) is 5.92 Å². The second kappa shape index (κ2) is 3.91. The molecule has 2 aliphatic rings. The first-order valence-corrected chi connectivity index (χ1v) is 6.59. The Kier molecular flexibility index (Phi) is 2.57. The lowest BCUT2D eigenvalue weighted by Gasteiger charge is -2.26. The predicted octanol–water partition coefficient (Wildman–Crippen LogP) is 3.43. The van der Waals surface area contributed by atoms with E-state index in [2.05, 4.69) is 45.1 Å². The average molecular weight is 266 g/mol. The quantitative estimate of drug-likeness (QED) is 0.792. The Balaban J connectivity index is 1.71. The van der Waals surface area contributed by atoms with Gasteiger partial charge in [-0.25, -0.2) is 0 Å². The fourth-order valence-corrected chi connectivity index (χ4v) is 3.54. The summed E-state index contributed by atoms with van der Waals surface area (Å²) in [6.45, 7) is 2.47. The molecule has 2 heteroatoms. The first kappa shape index (κ1) is 9.86. The van der Waals surface area contributed by atoms with E-state index >= 15 is 0 Å². The molecule has 2 fully saturated rings. The van der Waals surface area contributed by atoms with Crippen LogP contribution in [0.2, 0.25) is 0 Å². The Bertz CT molecular complexity index is 363. The molecule has 0 amide bonds. The molecule has 1 nitrogen and oxygen atoms in total.